The fourth-order valence-corrected chi connectivity index (χ4v) is 6.97. The minimum absolute atomic E-state index is 1.17. The molecule has 0 atom stereocenters. The van der Waals surface area contributed by atoms with Gasteiger partial charge in [-0.2, -0.15) is 0 Å². The van der Waals surface area contributed by atoms with Crippen molar-refractivity contribution in [1.29, 1.82) is 0 Å². The van der Waals surface area contributed by atoms with Crippen LogP contribution in [0.1, 0.15) is 0 Å². The van der Waals surface area contributed by atoms with Crippen LogP contribution in [-0.4, -0.2) is 4.57 Å². The summed E-state index contributed by atoms with van der Waals surface area (Å²) in [6.07, 6.45) is 0. The van der Waals surface area contributed by atoms with Crippen LogP contribution < -0.4 is 0 Å². The maximum Gasteiger partial charge on any atom is 0.0619 e. The molecule has 1 heteroatoms. The Hall–Kier alpha value is -5.66. The van der Waals surface area contributed by atoms with E-state index in [0.29, 0.717) is 0 Å². The Balaban J connectivity index is 1.33. The number of para-hydroxylation sites is 1. The van der Waals surface area contributed by atoms with Gasteiger partial charge in [-0.15, -0.1) is 0 Å². The summed E-state index contributed by atoms with van der Waals surface area (Å²) >= 11 is 0. The van der Waals surface area contributed by atoms with Gasteiger partial charge in [0, 0.05) is 21.8 Å². The molecule has 0 fully saturated rings. The van der Waals surface area contributed by atoms with Crippen molar-refractivity contribution in [2.75, 3.05) is 0 Å². The Bertz CT molecular complexity index is 2490. The normalized spacial score (nSPS) is 11.7. The van der Waals surface area contributed by atoms with E-state index in [9.17, 15) is 0 Å². The minimum Gasteiger partial charge on any atom is -0.309 e. The van der Waals surface area contributed by atoms with E-state index in [1.807, 2.05) is 0 Å². The number of hydrogen-bond acceptors (Lipinski definition) is 0. The summed E-state index contributed by atoms with van der Waals surface area (Å²) in [5.41, 5.74) is 8.63. The topological polar surface area (TPSA) is 4.93 Å². The fraction of sp³-hybridized carbons (Fsp3) is 0. The highest BCUT2D eigenvalue weighted by Crippen LogP contribution is 2.40. The van der Waals surface area contributed by atoms with E-state index < -0.39 is 0 Å². The SMILES string of the molecule is c1ccc(-n2c3cc(-c4cccc5ccccc45)ccc3c3ccc4cc(-c5cccc6ccccc56)ccc4c32)cc1. The van der Waals surface area contributed by atoms with Crippen molar-refractivity contribution in [3.8, 4) is 27.9 Å². The number of rotatable bonds is 3. The molecule has 0 aliphatic carbocycles. The summed E-state index contributed by atoms with van der Waals surface area (Å²) in [6, 6.07) is 59.8. The largest absolute Gasteiger partial charge is 0.309 e. The molecule has 1 heterocycles. The predicted molar refractivity (Wildman–Crippen MR) is 184 cm³/mol. The van der Waals surface area contributed by atoms with Gasteiger partial charge in [-0.05, 0) is 73.5 Å². The summed E-state index contributed by atoms with van der Waals surface area (Å²) in [4.78, 5) is 0. The summed E-state index contributed by atoms with van der Waals surface area (Å²) in [5, 5.41) is 10.1. The first-order valence-electron chi connectivity index (χ1n) is 14.9. The molecule has 0 radical (unpaired) electrons. The third kappa shape index (κ3) is 3.72. The first-order valence-corrected chi connectivity index (χ1v) is 14.9. The van der Waals surface area contributed by atoms with Crippen LogP contribution in [0.2, 0.25) is 0 Å². The molecule has 0 spiro atoms. The lowest BCUT2D eigenvalue weighted by Gasteiger charge is -2.12. The Morgan fingerprint density at radius 1 is 0.326 bits per heavy atom. The van der Waals surface area contributed by atoms with E-state index in [2.05, 4.69) is 168 Å². The van der Waals surface area contributed by atoms with E-state index in [4.69, 9.17) is 0 Å². The number of nitrogens with zero attached hydrogens (tertiary/aromatic N) is 1. The van der Waals surface area contributed by atoms with Crippen molar-refractivity contribution in [3.63, 3.8) is 0 Å². The van der Waals surface area contributed by atoms with Crippen LogP contribution in [0.15, 0.2) is 164 Å². The average molecular weight is 546 g/mol. The van der Waals surface area contributed by atoms with Gasteiger partial charge in [-0.3, -0.25) is 0 Å². The number of hydrogen-bond donors (Lipinski definition) is 0. The van der Waals surface area contributed by atoms with Crippen molar-refractivity contribution in [1.82, 2.24) is 4.57 Å². The van der Waals surface area contributed by atoms with E-state index >= 15 is 0 Å². The lowest BCUT2D eigenvalue weighted by atomic mass is 9.95. The van der Waals surface area contributed by atoms with Crippen LogP contribution in [0.3, 0.4) is 0 Å². The van der Waals surface area contributed by atoms with Crippen molar-refractivity contribution in [2.24, 2.45) is 0 Å². The molecule has 9 rings (SSSR count). The third-order valence-electron chi connectivity index (χ3n) is 8.96. The Morgan fingerprint density at radius 3 is 1.58 bits per heavy atom. The van der Waals surface area contributed by atoms with Gasteiger partial charge in [0.05, 0.1) is 11.0 Å². The quantitative estimate of drug-likeness (QED) is 0.208. The molecule has 9 aromatic rings. The van der Waals surface area contributed by atoms with Crippen LogP contribution in [0.5, 0.6) is 0 Å². The molecule has 43 heavy (non-hydrogen) atoms. The van der Waals surface area contributed by atoms with Gasteiger partial charge < -0.3 is 4.57 Å². The smallest absolute Gasteiger partial charge is 0.0619 e. The van der Waals surface area contributed by atoms with Crippen molar-refractivity contribution in [3.05, 3.63) is 164 Å². The van der Waals surface area contributed by atoms with Gasteiger partial charge >= 0.3 is 0 Å². The minimum atomic E-state index is 1.17. The molecule has 0 amide bonds. The molecule has 0 aliphatic rings. The second kappa shape index (κ2) is 9.44. The van der Waals surface area contributed by atoms with Crippen molar-refractivity contribution >= 4 is 54.1 Å². The number of benzene rings is 8. The molecule has 200 valence electrons. The lowest BCUT2D eigenvalue weighted by molar-refractivity contribution is 1.19. The van der Waals surface area contributed by atoms with Gasteiger partial charge in [-0.1, -0.05) is 140 Å². The van der Waals surface area contributed by atoms with Gasteiger partial charge in [0.2, 0.25) is 0 Å². The maximum absolute atomic E-state index is 2.46. The zero-order valence-corrected chi connectivity index (χ0v) is 23.5. The second-order valence-electron chi connectivity index (χ2n) is 11.4. The van der Waals surface area contributed by atoms with Crippen LogP contribution in [-0.2, 0) is 0 Å². The molecule has 0 unspecified atom stereocenters. The first-order chi connectivity index (χ1) is 21.3. The Labute approximate surface area is 249 Å². The van der Waals surface area contributed by atoms with Crippen LogP contribution in [0.25, 0.3) is 82.1 Å². The highest BCUT2D eigenvalue weighted by Gasteiger charge is 2.17. The molecule has 8 aromatic carbocycles. The van der Waals surface area contributed by atoms with E-state index in [0.717, 1.165) is 0 Å². The fourth-order valence-electron chi connectivity index (χ4n) is 6.97. The van der Waals surface area contributed by atoms with Gasteiger partial charge in [0.1, 0.15) is 0 Å². The third-order valence-corrected chi connectivity index (χ3v) is 8.96. The molecular weight excluding hydrogens is 518 g/mol. The monoisotopic (exact) mass is 545 g/mol. The molecule has 0 N–H and O–H groups in total. The zero-order valence-electron chi connectivity index (χ0n) is 23.5. The first kappa shape index (κ1) is 24.0. The van der Waals surface area contributed by atoms with E-state index in [-0.39, 0.29) is 0 Å². The van der Waals surface area contributed by atoms with E-state index in [1.165, 1.54) is 82.1 Å². The van der Waals surface area contributed by atoms with Gasteiger partial charge in [0.25, 0.3) is 0 Å². The Morgan fingerprint density at radius 2 is 0.884 bits per heavy atom. The molecule has 1 nitrogen and oxygen atoms in total. The molecule has 0 bridgehead atoms. The van der Waals surface area contributed by atoms with Crippen molar-refractivity contribution < 1.29 is 0 Å². The summed E-state index contributed by atoms with van der Waals surface area (Å²) in [6.45, 7) is 0. The number of aromatic nitrogens is 1. The summed E-state index contributed by atoms with van der Waals surface area (Å²) < 4.78 is 2.46. The highest BCUT2D eigenvalue weighted by molar-refractivity contribution is 6.19. The van der Waals surface area contributed by atoms with Crippen LogP contribution in [0, 0.1) is 0 Å². The highest BCUT2D eigenvalue weighted by atomic mass is 15.0. The Kier molecular flexibility index (Phi) is 5.27. The predicted octanol–water partition coefficient (Wildman–Crippen LogP) is 11.6. The van der Waals surface area contributed by atoms with E-state index in [1.54, 1.807) is 0 Å². The summed E-state index contributed by atoms with van der Waals surface area (Å²) in [5.74, 6) is 0. The second-order valence-corrected chi connectivity index (χ2v) is 11.4. The van der Waals surface area contributed by atoms with Crippen LogP contribution >= 0.6 is 0 Å². The maximum atomic E-state index is 2.46. The standard InChI is InChI=1S/C42H27N/c1-2-14-33(15-3-1)43-41-27-32(37-19-9-13-29-11-5-7-17-35(29)37)21-24-39(41)40-25-22-31-26-30(20-23-38(31)42(40)43)36-18-8-12-28-10-4-6-16-34(28)36/h1-27H. The lowest BCUT2D eigenvalue weighted by Crippen LogP contribution is -1.94. The molecule has 0 saturated heterocycles. The molecule has 0 aliphatic heterocycles. The number of fused-ring (bicyclic) bond motifs is 7. The molecule has 1 aromatic heterocycles. The zero-order chi connectivity index (χ0) is 28.3. The average Bonchev–Trinajstić information content (AvgIpc) is 3.42. The van der Waals surface area contributed by atoms with Gasteiger partial charge in [-0.25, -0.2) is 0 Å². The van der Waals surface area contributed by atoms with Crippen LogP contribution in [0.4, 0.5) is 0 Å². The van der Waals surface area contributed by atoms with Gasteiger partial charge in [0.15, 0.2) is 0 Å². The molecule has 0 saturated carbocycles. The molecular formula is C42H27N. The summed E-state index contributed by atoms with van der Waals surface area (Å²) in [7, 11) is 0. The van der Waals surface area contributed by atoms with Crippen molar-refractivity contribution in [2.45, 2.75) is 0 Å².